The minimum absolute atomic E-state index is 0.184. The molecular formula is C25H27N3O5. The summed E-state index contributed by atoms with van der Waals surface area (Å²) in [5.74, 6) is 3.17. The molecule has 0 atom stereocenters. The van der Waals surface area contributed by atoms with E-state index in [1.165, 1.54) is 0 Å². The summed E-state index contributed by atoms with van der Waals surface area (Å²) in [5.41, 5.74) is 1.83. The predicted molar refractivity (Wildman–Crippen MR) is 123 cm³/mol. The van der Waals surface area contributed by atoms with E-state index in [4.69, 9.17) is 18.9 Å². The Balaban J connectivity index is 1.28. The smallest absolute Gasteiger partial charge is 0.317 e. The zero-order valence-corrected chi connectivity index (χ0v) is 18.7. The highest BCUT2D eigenvalue weighted by Gasteiger charge is 2.14. The Bertz CT molecular complexity index is 1090. The molecule has 8 heteroatoms. The van der Waals surface area contributed by atoms with Crippen LogP contribution in [0.2, 0.25) is 0 Å². The fourth-order valence-electron chi connectivity index (χ4n) is 3.34. The van der Waals surface area contributed by atoms with Gasteiger partial charge in [0, 0.05) is 32.4 Å². The maximum absolute atomic E-state index is 12.5. The van der Waals surface area contributed by atoms with Crippen molar-refractivity contribution < 1.29 is 23.7 Å². The molecule has 1 aliphatic rings. The molecule has 2 aromatic carbocycles. The van der Waals surface area contributed by atoms with Gasteiger partial charge in [0.2, 0.25) is 5.88 Å². The molecule has 1 N–H and O–H groups in total. The third kappa shape index (κ3) is 5.85. The van der Waals surface area contributed by atoms with Crippen LogP contribution in [0.25, 0.3) is 0 Å². The first-order valence-corrected chi connectivity index (χ1v) is 10.8. The molecule has 0 fully saturated rings. The second kappa shape index (κ2) is 10.6. The molecule has 4 rings (SSSR count). The van der Waals surface area contributed by atoms with E-state index in [9.17, 15) is 4.79 Å². The van der Waals surface area contributed by atoms with Crippen LogP contribution in [0, 0.1) is 0 Å². The van der Waals surface area contributed by atoms with Gasteiger partial charge in [-0.15, -0.1) is 0 Å². The molecule has 0 unspecified atom stereocenters. The van der Waals surface area contributed by atoms with Gasteiger partial charge >= 0.3 is 6.03 Å². The van der Waals surface area contributed by atoms with Gasteiger partial charge in [-0.25, -0.2) is 9.78 Å². The number of hydrogen-bond donors (Lipinski definition) is 1. The second-order valence-corrected chi connectivity index (χ2v) is 7.48. The number of rotatable bonds is 8. The number of urea groups is 1. The summed E-state index contributed by atoms with van der Waals surface area (Å²) in [4.78, 5) is 18.5. The molecule has 0 spiro atoms. The van der Waals surface area contributed by atoms with Crippen LogP contribution < -0.4 is 24.3 Å². The molecular weight excluding hydrogens is 422 g/mol. The van der Waals surface area contributed by atoms with E-state index in [-0.39, 0.29) is 6.03 Å². The summed E-state index contributed by atoms with van der Waals surface area (Å²) >= 11 is 0. The maximum atomic E-state index is 12.5. The van der Waals surface area contributed by atoms with Crippen LogP contribution in [0.15, 0.2) is 60.8 Å². The van der Waals surface area contributed by atoms with Crippen LogP contribution in [0.3, 0.4) is 0 Å². The van der Waals surface area contributed by atoms with Crippen molar-refractivity contribution in [1.82, 2.24) is 15.2 Å². The van der Waals surface area contributed by atoms with Crippen LogP contribution >= 0.6 is 0 Å². The Hall–Kier alpha value is -3.94. The first kappa shape index (κ1) is 22.3. The van der Waals surface area contributed by atoms with Gasteiger partial charge in [-0.2, -0.15) is 0 Å². The summed E-state index contributed by atoms with van der Waals surface area (Å²) in [6.07, 6.45) is 1.68. The zero-order chi connectivity index (χ0) is 23.0. The Morgan fingerprint density at radius 2 is 1.79 bits per heavy atom. The van der Waals surface area contributed by atoms with Gasteiger partial charge in [0.25, 0.3) is 0 Å². The van der Waals surface area contributed by atoms with Gasteiger partial charge < -0.3 is 29.2 Å². The van der Waals surface area contributed by atoms with Crippen LogP contribution in [-0.2, 0) is 13.1 Å². The van der Waals surface area contributed by atoms with Crippen LogP contribution in [0.1, 0.15) is 18.1 Å². The number of ether oxygens (including phenoxy) is 4. The quantitative estimate of drug-likeness (QED) is 0.549. The molecule has 0 aliphatic carbocycles. The zero-order valence-electron chi connectivity index (χ0n) is 18.7. The number of hydrogen-bond acceptors (Lipinski definition) is 6. The van der Waals surface area contributed by atoms with E-state index < -0.39 is 0 Å². The van der Waals surface area contributed by atoms with E-state index in [1.807, 2.05) is 55.5 Å². The van der Waals surface area contributed by atoms with Crippen molar-refractivity contribution in [3.63, 3.8) is 0 Å². The number of para-hydroxylation sites is 2. The molecule has 0 saturated heterocycles. The van der Waals surface area contributed by atoms with Crippen molar-refractivity contribution in [1.29, 1.82) is 0 Å². The lowest BCUT2D eigenvalue weighted by Crippen LogP contribution is -2.36. The topological polar surface area (TPSA) is 82.2 Å². The normalized spacial score (nSPS) is 12.1. The molecule has 2 amide bonds. The molecule has 2 heterocycles. The molecule has 1 aromatic heterocycles. The number of amides is 2. The molecule has 0 saturated carbocycles. The SMILES string of the molecule is CCOc1ccccc1Oc1ccc(CNC(=O)N(C)Cc2ccc3c(c2)OCCO3)cn1. The molecule has 8 nitrogen and oxygen atoms in total. The van der Waals surface area contributed by atoms with E-state index in [2.05, 4.69) is 10.3 Å². The number of carbonyl (C=O) groups excluding carboxylic acids is 1. The van der Waals surface area contributed by atoms with E-state index in [1.54, 1.807) is 24.2 Å². The average molecular weight is 450 g/mol. The van der Waals surface area contributed by atoms with Crippen LogP contribution in [-0.4, -0.2) is 42.8 Å². The van der Waals surface area contributed by atoms with Gasteiger partial charge in [0.1, 0.15) is 13.2 Å². The fraction of sp³-hybridized carbons (Fsp3) is 0.280. The van der Waals surface area contributed by atoms with Crippen molar-refractivity contribution in [2.45, 2.75) is 20.0 Å². The second-order valence-electron chi connectivity index (χ2n) is 7.48. The monoisotopic (exact) mass is 449 g/mol. The van der Waals surface area contributed by atoms with Gasteiger partial charge in [-0.05, 0) is 42.3 Å². The van der Waals surface area contributed by atoms with Gasteiger partial charge in [-0.3, -0.25) is 0 Å². The van der Waals surface area contributed by atoms with Gasteiger partial charge in [-0.1, -0.05) is 24.3 Å². The van der Waals surface area contributed by atoms with E-state index in [0.717, 1.165) is 16.9 Å². The van der Waals surface area contributed by atoms with E-state index in [0.29, 0.717) is 56.0 Å². The number of nitrogens with one attached hydrogen (secondary N) is 1. The molecule has 0 bridgehead atoms. The number of fused-ring (bicyclic) bond motifs is 1. The third-order valence-corrected chi connectivity index (χ3v) is 4.98. The highest BCUT2D eigenvalue weighted by atomic mass is 16.6. The Kier molecular flexibility index (Phi) is 7.14. The predicted octanol–water partition coefficient (Wildman–Crippen LogP) is 4.39. The van der Waals surface area contributed by atoms with Crippen molar-refractivity contribution in [2.24, 2.45) is 0 Å². The molecule has 172 valence electrons. The van der Waals surface area contributed by atoms with Gasteiger partial charge in [0.15, 0.2) is 23.0 Å². The number of benzene rings is 2. The molecule has 0 radical (unpaired) electrons. The largest absolute Gasteiger partial charge is 0.490 e. The lowest BCUT2D eigenvalue weighted by molar-refractivity contribution is 0.171. The Labute approximate surface area is 193 Å². The highest BCUT2D eigenvalue weighted by molar-refractivity contribution is 5.73. The number of pyridine rings is 1. The highest BCUT2D eigenvalue weighted by Crippen LogP contribution is 2.31. The fourth-order valence-corrected chi connectivity index (χ4v) is 3.34. The first-order chi connectivity index (χ1) is 16.1. The lowest BCUT2D eigenvalue weighted by Gasteiger charge is -2.21. The number of aromatic nitrogens is 1. The molecule has 33 heavy (non-hydrogen) atoms. The van der Waals surface area contributed by atoms with Crippen molar-refractivity contribution in [2.75, 3.05) is 26.9 Å². The summed E-state index contributed by atoms with van der Waals surface area (Å²) in [7, 11) is 1.75. The first-order valence-electron chi connectivity index (χ1n) is 10.8. The maximum Gasteiger partial charge on any atom is 0.317 e. The summed E-state index contributed by atoms with van der Waals surface area (Å²) < 4.78 is 22.6. The minimum atomic E-state index is -0.184. The molecule has 1 aliphatic heterocycles. The Morgan fingerprint density at radius 3 is 2.55 bits per heavy atom. The van der Waals surface area contributed by atoms with E-state index >= 15 is 0 Å². The van der Waals surface area contributed by atoms with Crippen LogP contribution in [0.5, 0.6) is 28.9 Å². The third-order valence-electron chi connectivity index (χ3n) is 4.98. The summed E-state index contributed by atoms with van der Waals surface area (Å²) in [5, 5.41) is 2.91. The van der Waals surface area contributed by atoms with Gasteiger partial charge in [0.05, 0.1) is 6.61 Å². The van der Waals surface area contributed by atoms with Crippen molar-refractivity contribution in [3.8, 4) is 28.9 Å². The number of carbonyl (C=O) groups is 1. The van der Waals surface area contributed by atoms with Crippen LogP contribution in [0.4, 0.5) is 4.79 Å². The minimum Gasteiger partial charge on any atom is -0.490 e. The lowest BCUT2D eigenvalue weighted by atomic mass is 10.2. The standard InChI is InChI=1S/C25H27N3O5/c1-3-30-20-6-4-5-7-22(20)33-24-11-9-19(15-26-24)16-27-25(29)28(2)17-18-8-10-21-23(14-18)32-13-12-31-21/h4-11,14-15H,3,12-13,16-17H2,1-2H3,(H,27,29). The van der Waals surface area contributed by atoms with Crippen molar-refractivity contribution >= 4 is 6.03 Å². The number of nitrogens with zero attached hydrogens (tertiary/aromatic N) is 2. The average Bonchev–Trinajstić information content (AvgIpc) is 2.84. The summed E-state index contributed by atoms with van der Waals surface area (Å²) in [6.45, 7) is 4.36. The molecule has 3 aromatic rings. The summed E-state index contributed by atoms with van der Waals surface area (Å²) in [6, 6.07) is 16.6. The van der Waals surface area contributed by atoms with Crippen molar-refractivity contribution in [3.05, 3.63) is 71.9 Å². The Morgan fingerprint density at radius 1 is 1.03 bits per heavy atom.